The molecule has 1 heterocycles. The molecule has 6 heteroatoms. The van der Waals surface area contributed by atoms with Crippen LogP contribution < -0.4 is 14.4 Å². The third kappa shape index (κ3) is 4.27. The predicted octanol–water partition coefficient (Wildman–Crippen LogP) is 4.09. The Morgan fingerprint density at radius 3 is 2.68 bits per heavy atom. The molecule has 1 unspecified atom stereocenters. The summed E-state index contributed by atoms with van der Waals surface area (Å²) in [5, 5.41) is 8.82. The highest BCUT2D eigenvalue weighted by Gasteiger charge is 2.25. The van der Waals surface area contributed by atoms with Crippen LogP contribution in [0.1, 0.15) is 48.5 Å². The topological polar surface area (TPSA) is 76.1 Å². The summed E-state index contributed by atoms with van der Waals surface area (Å²) in [6.07, 6.45) is 1.96. The summed E-state index contributed by atoms with van der Waals surface area (Å²) < 4.78 is 10.8. The lowest BCUT2D eigenvalue weighted by molar-refractivity contribution is -0.139. The number of rotatable bonds is 6. The summed E-state index contributed by atoms with van der Waals surface area (Å²) >= 11 is 0. The first kappa shape index (κ1) is 19.7. The standard InChI is InChI=1S/C22H25NO5/c1-3-27-20-13-16(10-11-19(20)28-14-21(24)25)22(26)23-12-6-7-15(2)17-8-4-5-9-18(17)23/h4-5,8-11,13,15H,3,6-7,12,14H2,1-2H3,(H,24,25). The van der Waals surface area contributed by atoms with E-state index >= 15 is 0 Å². The van der Waals surface area contributed by atoms with Gasteiger partial charge in [0.25, 0.3) is 5.91 Å². The van der Waals surface area contributed by atoms with E-state index in [2.05, 4.69) is 13.0 Å². The molecule has 0 aromatic heterocycles. The quantitative estimate of drug-likeness (QED) is 0.813. The zero-order valence-electron chi connectivity index (χ0n) is 16.2. The molecular formula is C22H25NO5. The molecule has 0 bridgehead atoms. The Labute approximate surface area is 164 Å². The van der Waals surface area contributed by atoms with Crippen LogP contribution in [0.4, 0.5) is 5.69 Å². The van der Waals surface area contributed by atoms with Gasteiger partial charge in [-0.05, 0) is 55.5 Å². The van der Waals surface area contributed by atoms with Gasteiger partial charge in [-0.15, -0.1) is 0 Å². The number of hydrogen-bond acceptors (Lipinski definition) is 4. The summed E-state index contributed by atoms with van der Waals surface area (Å²) in [5.74, 6) is -0.0956. The molecule has 3 rings (SSSR count). The number of anilines is 1. The van der Waals surface area contributed by atoms with Gasteiger partial charge in [0.2, 0.25) is 0 Å². The number of benzene rings is 2. The second-order valence-electron chi connectivity index (χ2n) is 6.84. The Balaban J connectivity index is 1.92. The predicted molar refractivity (Wildman–Crippen MR) is 107 cm³/mol. The van der Waals surface area contributed by atoms with Crippen LogP contribution in [0.3, 0.4) is 0 Å². The van der Waals surface area contributed by atoms with E-state index in [-0.39, 0.29) is 5.91 Å². The minimum absolute atomic E-state index is 0.104. The number of carbonyl (C=O) groups excluding carboxylic acids is 1. The van der Waals surface area contributed by atoms with Crippen molar-refractivity contribution in [3.63, 3.8) is 0 Å². The Kier molecular flexibility index (Phi) is 6.19. The maximum atomic E-state index is 13.3. The minimum Gasteiger partial charge on any atom is -0.490 e. The average molecular weight is 383 g/mol. The van der Waals surface area contributed by atoms with Crippen molar-refractivity contribution >= 4 is 17.6 Å². The Hall–Kier alpha value is -3.02. The zero-order chi connectivity index (χ0) is 20.1. The molecule has 0 saturated heterocycles. The first-order valence-corrected chi connectivity index (χ1v) is 9.53. The van der Waals surface area contributed by atoms with Gasteiger partial charge in [-0.3, -0.25) is 4.79 Å². The van der Waals surface area contributed by atoms with E-state index in [0.717, 1.165) is 18.5 Å². The lowest BCUT2D eigenvalue weighted by Crippen LogP contribution is -2.31. The summed E-state index contributed by atoms with van der Waals surface area (Å²) in [6.45, 7) is 4.58. The molecular weight excluding hydrogens is 358 g/mol. The van der Waals surface area contributed by atoms with E-state index in [4.69, 9.17) is 14.6 Å². The highest BCUT2D eigenvalue weighted by atomic mass is 16.5. The van der Waals surface area contributed by atoms with Crippen LogP contribution in [0.5, 0.6) is 11.5 Å². The van der Waals surface area contributed by atoms with E-state index in [1.54, 1.807) is 18.2 Å². The third-order valence-electron chi connectivity index (χ3n) is 4.86. The van der Waals surface area contributed by atoms with Gasteiger partial charge in [0, 0.05) is 17.8 Å². The number of carboxylic acids is 1. The van der Waals surface area contributed by atoms with Crippen LogP contribution >= 0.6 is 0 Å². The van der Waals surface area contributed by atoms with E-state index in [1.807, 2.05) is 30.0 Å². The van der Waals surface area contributed by atoms with Crippen molar-refractivity contribution in [1.29, 1.82) is 0 Å². The molecule has 6 nitrogen and oxygen atoms in total. The smallest absolute Gasteiger partial charge is 0.341 e. The van der Waals surface area contributed by atoms with E-state index < -0.39 is 12.6 Å². The number of para-hydroxylation sites is 1. The highest BCUT2D eigenvalue weighted by Crippen LogP contribution is 2.35. The van der Waals surface area contributed by atoms with Gasteiger partial charge >= 0.3 is 5.97 Å². The molecule has 2 aromatic rings. The minimum atomic E-state index is -1.07. The van der Waals surface area contributed by atoms with Crippen LogP contribution in [0.25, 0.3) is 0 Å². The number of aliphatic carboxylic acids is 1. The van der Waals surface area contributed by atoms with Crippen LogP contribution in [0, 0.1) is 0 Å². The number of carboxylic acid groups (broad SMARTS) is 1. The molecule has 148 valence electrons. The third-order valence-corrected chi connectivity index (χ3v) is 4.86. The maximum Gasteiger partial charge on any atom is 0.341 e. The molecule has 0 radical (unpaired) electrons. The van der Waals surface area contributed by atoms with Crippen LogP contribution in [0.2, 0.25) is 0 Å². The van der Waals surface area contributed by atoms with Gasteiger partial charge in [0.05, 0.1) is 6.61 Å². The second-order valence-corrected chi connectivity index (χ2v) is 6.84. The fourth-order valence-corrected chi connectivity index (χ4v) is 3.52. The van der Waals surface area contributed by atoms with E-state index in [1.165, 1.54) is 5.56 Å². The number of hydrogen-bond donors (Lipinski definition) is 1. The Bertz CT molecular complexity index is 864. The second kappa shape index (κ2) is 8.78. The van der Waals surface area contributed by atoms with Gasteiger partial charge in [-0.1, -0.05) is 25.1 Å². The maximum absolute atomic E-state index is 13.3. The molecule has 2 aromatic carbocycles. The van der Waals surface area contributed by atoms with Gasteiger partial charge in [0.15, 0.2) is 18.1 Å². The highest BCUT2D eigenvalue weighted by molar-refractivity contribution is 6.07. The van der Waals surface area contributed by atoms with Crippen LogP contribution in [-0.2, 0) is 4.79 Å². The van der Waals surface area contributed by atoms with Crippen LogP contribution in [0.15, 0.2) is 42.5 Å². The molecule has 1 aliphatic heterocycles. The normalized spacial score (nSPS) is 16.1. The van der Waals surface area contributed by atoms with Gasteiger partial charge in [-0.2, -0.15) is 0 Å². The summed E-state index contributed by atoms with van der Waals surface area (Å²) in [5.41, 5.74) is 2.61. The summed E-state index contributed by atoms with van der Waals surface area (Å²) in [7, 11) is 0. The van der Waals surface area contributed by atoms with Crippen molar-refractivity contribution in [3.05, 3.63) is 53.6 Å². The fourth-order valence-electron chi connectivity index (χ4n) is 3.52. The van der Waals surface area contributed by atoms with Gasteiger partial charge in [-0.25, -0.2) is 4.79 Å². The van der Waals surface area contributed by atoms with E-state index in [0.29, 0.717) is 36.1 Å². The first-order chi connectivity index (χ1) is 13.5. The monoisotopic (exact) mass is 383 g/mol. The van der Waals surface area contributed by atoms with Crippen molar-refractivity contribution in [1.82, 2.24) is 0 Å². The molecule has 28 heavy (non-hydrogen) atoms. The molecule has 1 N–H and O–H groups in total. The van der Waals surface area contributed by atoms with Gasteiger partial charge < -0.3 is 19.5 Å². The largest absolute Gasteiger partial charge is 0.490 e. The zero-order valence-corrected chi connectivity index (χ0v) is 16.2. The number of carbonyl (C=O) groups is 2. The molecule has 1 aliphatic rings. The number of amides is 1. The van der Waals surface area contributed by atoms with Crippen molar-refractivity contribution in [2.45, 2.75) is 32.6 Å². The van der Waals surface area contributed by atoms with Crippen molar-refractivity contribution in [2.75, 3.05) is 24.7 Å². The average Bonchev–Trinajstić information content (AvgIpc) is 2.86. The molecule has 0 fully saturated rings. The van der Waals surface area contributed by atoms with Crippen molar-refractivity contribution < 1.29 is 24.2 Å². The fraction of sp³-hybridized carbons (Fsp3) is 0.364. The number of ether oxygens (including phenoxy) is 2. The lowest BCUT2D eigenvalue weighted by atomic mass is 9.96. The summed E-state index contributed by atoms with van der Waals surface area (Å²) in [6, 6.07) is 12.9. The Morgan fingerprint density at radius 2 is 1.93 bits per heavy atom. The first-order valence-electron chi connectivity index (χ1n) is 9.53. The molecule has 0 spiro atoms. The molecule has 0 saturated carbocycles. The molecule has 1 atom stereocenters. The molecule has 0 aliphatic carbocycles. The van der Waals surface area contributed by atoms with Crippen molar-refractivity contribution in [2.24, 2.45) is 0 Å². The van der Waals surface area contributed by atoms with E-state index in [9.17, 15) is 9.59 Å². The number of nitrogens with zero attached hydrogens (tertiary/aromatic N) is 1. The molecule has 1 amide bonds. The Morgan fingerprint density at radius 1 is 1.14 bits per heavy atom. The number of fused-ring (bicyclic) bond motifs is 1. The van der Waals surface area contributed by atoms with Crippen LogP contribution in [-0.4, -0.2) is 36.7 Å². The lowest BCUT2D eigenvalue weighted by Gasteiger charge is -2.24. The van der Waals surface area contributed by atoms with Gasteiger partial charge in [0.1, 0.15) is 0 Å². The SMILES string of the molecule is CCOc1cc(C(=O)N2CCCC(C)c3ccccc32)ccc1OCC(=O)O. The summed E-state index contributed by atoms with van der Waals surface area (Å²) in [4.78, 5) is 25.9. The van der Waals surface area contributed by atoms with Crippen molar-refractivity contribution in [3.8, 4) is 11.5 Å².